The van der Waals surface area contributed by atoms with Crippen LogP contribution in [-0.2, 0) is 11.3 Å². The van der Waals surface area contributed by atoms with Crippen molar-refractivity contribution >= 4 is 50.8 Å². The molecule has 0 atom stereocenters. The Balaban J connectivity index is 1.58. The van der Waals surface area contributed by atoms with E-state index in [2.05, 4.69) is 10.3 Å². The van der Waals surface area contributed by atoms with Crippen LogP contribution in [0, 0.1) is 13.8 Å². The lowest BCUT2D eigenvalue weighted by Crippen LogP contribution is -2.26. The average molecular weight is 470 g/mol. The summed E-state index contributed by atoms with van der Waals surface area (Å²) in [5.41, 5.74) is 4.38. The van der Waals surface area contributed by atoms with Crippen LogP contribution >= 0.6 is 34.7 Å². The van der Waals surface area contributed by atoms with E-state index in [1.807, 2.05) is 55.6 Å². The number of hydrogen-bond acceptors (Lipinski definition) is 5. The number of nitrogens with one attached hydrogen (secondary N) is 1. The fourth-order valence-electron chi connectivity index (χ4n) is 3.24. The Bertz CT molecular complexity index is 1310. The lowest BCUT2D eigenvalue weighted by Gasteiger charge is -2.14. The van der Waals surface area contributed by atoms with Crippen LogP contribution in [0.15, 0.2) is 63.9 Å². The number of thioether (sulfide) groups is 1. The largest absolute Gasteiger partial charge is 0.351 e. The number of hydrogen-bond donors (Lipinski definition) is 1. The topological polar surface area (TPSA) is 64.0 Å². The molecule has 0 bridgehead atoms. The normalized spacial score (nSPS) is 11.1. The number of fused-ring (bicyclic) bond motifs is 1. The number of thiophene rings is 1. The molecule has 5 nitrogen and oxygen atoms in total. The van der Waals surface area contributed by atoms with Crippen molar-refractivity contribution in [2.45, 2.75) is 25.5 Å². The highest BCUT2D eigenvalue weighted by molar-refractivity contribution is 7.99. The molecule has 31 heavy (non-hydrogen) atoms. The molecule has 0 saturated heterocycles. The summed E-state index contributed by atoms with van der Waals surface area (Å²) in [5.74, 6) is 0.0208. The molecule has 2 aromatic carbocycles. The number of amides is 1. The van der Waals surface area contributed by atoms with Crippen LogP contribution in [0.1, 0.15) is 16.7 Å². The van der Waals surface area contributed by atoms with E-state index in [4.69, 9.17) is 11.6 Å². The van der Waals surface area contributed by atoms with Gasteiger partial charge < -0.3 is 5.32 Å². The van der Waals surface area contributed by atoms with Gasteiger partial charge in [-0.1, -0.05) is 53.2 Å². The predicted molar refractivity (Wildman–Crippen MR) is 129 cm³/mol. The molecule has 0 aliphatic heterocycles. The average Bonchev–Trinajstić information content (AvgIpc) is 3.22. The zero-order chi connectivity index (χ0) is 22.0. The molecule has 0 aliphatic carbocycles. The van der Waals surface area contributed by atoms with Gasteiger partial charge in [0, 0.05) is 11.6 Å². The van der Waals surface area contributed by atoms with Crippen molar-refractivity contribution in [3.8, 4) is 5.69 Å². The molecule has 158 valence electrons. The first-order chi connectivity index (χ1) is 14.9. The SMILES string of the molecule is Cc1ccc(-n2c(SCC(=O)NCc3ccc(Cl)cc3)nc3ccsc3c2=O)c(C)c1. The fourth-order valence-corrected chi connectivity index (χ4v) is 4.96. The molecule has 1 amide bonds. The number of aromatic nitrogens is 2. The van der Waals surface area contributed by atoms with Gasteiger partial charge in [-0.2, -0.15) is 0 Å². The van der Waals surface area contributed by atoms with Crippen molar-refractivity contribution in [3.05, 3.63) is 86.0 Å². The summed E-state index contributed by atoms with van der Waals surface area (Å²) in [6, 6.07) is 15.1. The number of rotatable bonds is 6. The van der Waals surface area contributed by atoms with Crippen molar-refractivity contribution in [3.63, 3.8) is 0 Å². The summed E-state index contributed by atoms with van der Waals surface area (Å²) in [7, 11) is 0. The van der Waals surface area contributed by atoms with Crippen LogP contribution in [0.4, 0.5) is 0 Å². The molecule has 1 N–H and O–H groups in total. The van der Waals surface area contributed by atoms with Crippen LogP contribution in [0.2, 0.25) is 5.02 Å². The smallest absolute Gasteiger partial charge is 0.276 e. The number of nitrogens with zero attached hydrogens (tertiary/aromatic N) is 2. The van der Waals surface area contributed by atoms with Gasteiger partial charge in [0.05, 0.1) is 17.0 Å². The first-order valence-corrected chi connectivity index (χ1v) is 11.9. The Hall–Kier alpha value is -2.61. The maximum Gasteiger partial charge on any atom is 0.276 e. The van der Waals surface area contributed by atoms with E-state index in [9.17, 15) is 9.59 Å². The Kier molecular flexibility index (Phi) is 6.46. The molecule has 0 fully saturated rings. The summed E-state index contributed by atoms with van der Waals surface area (Å²) < 4.78 is 2.22. The van der Waals surface area contributed by atoms with E-state index < -0.39 is 0 Å². The van der Waals surface area contributed by atoms with Gasteiger partial charge in [-0.25, -0.2) is 4.98 Å². The molecule has 0 spiro atoms. The third-order valence-electron chi connectivity index (χ3n) is 4.78. The first-order valence-electron chi connectivity index (χ1n) is 9.64. The van der Waals surface area contributed by atoms with Crippen molar-refractivity contribution in [1.29, 1.82) is 0 Å². The van der Waals surface area contributed by atoms with E-state index in [0.717, 1.165) is 22.4 Å². The van der Waals surface area contributed by atoms with Gasteiger partial charge in [-0.05, 0) is 54.6 Å². The van der Waals surface area contributed by atoms with E-state index in [-0.39, 0.29) is 17.2 Å². The molecular weight excluding hydrogens is 450 g/mol. The maximum absolute atomic E-state index is 13.2. The Morgan fingerprint density at radius 2 is 1.94 bits per heavy atom. The summed E-state index contributed by atoms with van der Waals surface area (Å²) in [6.45, 7) is 4.40. The van der Waals surface area contributed by atoms with Crippen LogP contribution in [0.25, 0.3) is 15.9 Å². The second kappa shape index (κ2) is 9.26. The van der Waals surface area contributed by atoms with Gasteiger partial charge in [-0.3, -0.25) is 14.2 Å². The molecule has 0 saturated carbocycles. The van der Waals surface area contributed by atoms with Crippen LogP contribution in [0.5, 0.6) is 0 Å². The second-order valence-electron chi connectivity index (χ2n) is 7.15. The molecular formula is C23H20ClN3O2S2. The van der Waals surface area contributed by atoms with E-state index >= 15 is 0 Å². The summed E-state index contributed by atoms with van der Waals surface area (Å²) in [4.78, 5) is 30.4. The van der Waals surface area contributed by atoms with Crippen molar-refractivity contribution < 1.29 is 4.79 Å². The molecule has 2 heterocycles. The summed E-state index contributed by atoms with van der Waals surface area (Å²) in [5, 5.41) is 5.92. The Labute approximate surface area is 193 Å². The number of carbonyl (C=O) groups is 1. The quantitative estimate of drug-likeness (QED) is 0.314. The first kappa shape index (κ1) is 21.6. The minimum Gasteiger partial charge on any atom is -0.351 e. The van der Waals surface area contributed by atoms with Crippen molar-refractivity contribution in [2.24, 2.45) is 0 Å². The van der Waals surface area contributed by atoms with Crippen molar-refractivity contribution in [1.82, 2.24) is 14.9 Å². The Morgan fingerprint density at radius 1 is 1.16 bits per heavy atom. The highest BCUT2D eigenvalue weighted by atomic mass is 35.5. The van der Waals surface area contributed by atoms with Crippen LogP contribution in [-0.4, -0.2) is 21.2 Å². The highest BCUT2D eigenvalue weighted by Gasteiger charge is 2.17. The maximum atomic E-state index is 13.2. The predicted octanol–water partition coefficient (Wildman–Crippen LogP) is 5.13. The number of aryl methyl sites for hydroxylation is 2. The number of carbonyl (C=O) groups excluding carboxylic acids is 1. The molecule has 8 heteroatoms. The van der Waals surface area contributed by atoms with Gasteiger partial charge in [0.15, 0.2) is 5.16 Å². The summed E-state index contributed by atoms with van der Waals surface area (Å²) in [6.07, 6.45) is 0. The third kappa shape index (κ3) is 4.84. The lowest BCUT2D eigenvalue weighted by atomic mass is 10.1. The highest BCUT2D eigenvalue weighted by Crippen LogP contribution is 2.25. The van der Waals surface area contributed by atoms with E-state index in [1.165, 1.54) is 23.1 Å². The minimum absolute atomic E-state index is 0.115. The van der Waals surface area contributed by atoms with Gasteiger partial charge in [0.25, 0.3) is 5.56 Å². The molecule has 4 aromatic rings. The standard InChI is InChI=1S/C23H20ClN3O2S2/c1-14-3-8-19(15(2)11-14)27-22(29)21-18(9-10-30-21)26-23(27)31-13-20(28)25-12-16-4-6-17(24)7-5-16/h3-11H,12-13H2,1-2H3,(H,25,28). The van der Waals surface area contributed by atoms with Crippen molar-refractivity contribution in [2.75, 3.05) is 5.75 Å². The molecule has 4 rings (SSSR count). The van der Waals surface area contributed by atoms with Gasteiger partial charge in [-0.15, -0.1) is 11.3 Å². The van der Waals surface area contributed by atoms with E-state index in [1.54, 1.807) is 16.7 Å². The molecule has 0 aliphatic rings. The minimum atomic E-state index is -0.133. The van der Waals surface area contributed by atoms with E-state index in [0.29, 0.717) is 26.9 Å². The van der Waals surface area contributed by atoms with Gasteiger partial charge in [0.2, 0.25) is 5.91 Å². The molecule has 2 aromatic heterocycles. The number of benzene rings is 2. The number of halogens is 1. The third-order valence-corrected chi connectivity index (χ3v) is 6.86. The molecule has 0 radical (unpaired) electrons. The zero-order valence-corrected chi connectivity index (χ0v) is 19.4. The van der Waals surface area contributed by atoms with Crippen LogP contribution in [0.3, 0.4) is 0 Å². The van der Waals surface area contributed by atoms with Gasteiger partial charge in [0.1, 0.15) is 4.70 Å². The molecule has 0 unspecified atom stereocenters. The van der Waals surface area contributed by atoms with Gasteiger partial charge >= 0.3 is 0 Å². The lowest BCUT2D eigenvalue weighted by molar-refractivity contribution is -0.118. The second-order valence-corrected chi connectivity index (χ2v) is 9.45. The summed E-state index contributed by atoms with van der Waals surface area (Å²) >= 11 is 8.53. The zero-order valence-electron chi connectivity index (χ0n) is 17.0. The van der Waals surface area contributed by atoms with Crippen LogP contribution < -0.4 is 10.9 Å². The Morgan fingerprint density at radius 3 is 2.68 bits per heavy atom. The monoisotopic (exact) mass is 469 g/mol. The fraction of sp³-hybridized carbons (Fsp3) is 0.174.